The SMILES string of the molecule is CCOC(=O)c1nnc(C(=O)c2ccccc2)o1.CCOC(=O)c1nnc(C(F)(F)c2ccccc2)o1.CCOC(=O)c1nnc(Cc2ccccc2)o1.C[C@H]1Oc2cccnc2N(C)C(=O)[C@H]1N.C[C@H]1Oc2cccnc2N(C)C(=O)[C@H]1NC(=O)c1nnc(C(F)(F)c2ccccc2)o1.Cl. The smallest absolute Gasteiger partial charge is 0.396 e. The predicted molar refractivity (Wildman–Crippen MR) is 345 cm³/mol. The number of halogens is 5. The van der Waals surface area contributed by atoms with Gasteiger partial charge in [0.15, 0.2) is 23.1 Å². The van der Waals surface area contributed by atoms with Crippen LogP contribution in [0.3, 0.4) is 0 Å². The Morgan fingerprint density at radius 2 is 0.911 bits per heavy atom. The van der Waals surface area contributed by atoms with Crippen molar-refractivity contribution in [1.29, 1.82) is 0 Å². The average Bonchev–Trinajstić information content (AvgIpc) is 1.71. The Balaban J connectivity index is 0.000000182. The van der Waals surface area contributed by atoms with E-state index in [-0.39, 0.29) is 73.0 Å². The number of carbonyl (C=O) groups is 7. The zero-order valence-corrected chi connectivity index (χ0v) is 55.4. The summed E-state index contributed by atoms with van der Waals surface area (Å²) in [7, 11) is 3.13. The van der Waals surface area contributed by atoms with Crippen LogP contribution in [-0.4, -0.2) is 150 Å². The van der Waals surface area contributed by atoms with E-state index in [0.29, 0.717) is 41.0 Å². The number of nitrogens with one attached hydrogen (secondary N) is 1. The van der Waals surface area contributed by atoms with Gasteiger partial charge in [-0.3, -0.25) is 29.0 Å². The molecule has 2 aliphatic rings. The summed E-state index contributed by atoms with van der Waals surface area (Å²) in [6.45, 7) is 8.89. The number of anilines is 2. The molecule has 3 amide bonds. The predicted octanol–water partition coefficient (Wildman–Crippen LogP) is 8.42. The van der Waals surface area contributed by atoms with E-state index in [9.17, 15) is 51.1 Å². The zero-order valence-electron chi connectivity index (χ0n) is 54.5. The van der Waals surface area contributed by atoms with Crippen molar-refractivity contribution in [2.24, 2.45) is 5.73 Å². The molecular weight excluding hydrogens is 1360 g/mol. The van der Waals surface area contributed by atoms with Gasteiger partial charge in [0.1, 0.15) is 24.3 Å². The molecule has 0 saturated carbocycles. The topological polar surface area (TPSA) is 392 Å². The lowest BCUT2D eigenvalue weighted by Gasteiger charge is -2.22. The first-order valence-electron chi connectivity index (χ1n) is 30.2. The maximum Gasteiger partial charge on any atom is 0.396 e. The Morgan fingerprint density at radius 1 is 0.505 bits per heavy atom. The first kappa shape index (κ1) is 76.2. The van der Waals surface area contributed by atoms with Gasteiger partial charge in [0.25, 0.3) is 23.6 Å². The summed E-state index contributed by atoms with van der Waals surface area (Å²) in [5, 5.41) is 30.0. The van der Waals surface area contributed by atoms with Crippen molar-refractivity contribution in [1.82, 2.24) is 56.1 Å². The van der Waals surface area contributed by atoms with E-state index in [1.165, 1.54) is 71.6 Å². The number of hydrogen-bond donors (Lipinski definition) is 2. The number of nitrogens with two attached hydrogens (primary N) is 1. The van der Waals surface area contributed by atoms with E-state index >= 15 is 0 Å². The van der Waals surface area contributed by atoms with Crippen LogP contribution in [0.15, 0.2) is 176 Å². The molecule has 2 aliphatic heterocycles. The van der Waals surface area contributed by atoms with Crippen molar-refractivity contribution in [2.45, 2.75) is 77.2 Å². The number of amides is 3. The molecule has 6 aromatic heterocycles. The number of nitrogens with zero attached hydrogens (tertiary/aromatic N) is 12. The number of benzene rings is 4. The molecule has 0 saturated heterocycles. The molecule has 101 heavy (non-hydrogen) atoms. The van der Waals surface area contributed by atoms with Crippen LogP contribution < -0.4 is 30.3 Å². The van der Waals surface area contributed by atoms with Gasteiger partial charge in [-0.25, -0.2) is 24.4 Å². The van der Waals surface area contributed by atoms with Crippen molar-refractivity contribution < 1.29 is 92.5 Å². The third-order valence-electron chi connectivity index (χ3n) is 13.8. The molecule has 0 aliphatic carbocycles. The van der Waals surface area contributed by atoms with Gasteiger partial charge in [-0.15, -0.1) is 53.2 Å². The minimum absolute atomic E-state index is 0. The van der Waals surface area contributed by atoms with Crippen molar-refractivity contribution in [2.75, 3.05) is 43.7 Å². The summed E-state index contributed by atoms with van der Waals surface area (Å²) in [5.74, 6) is -13.2. The quantitative estimate of drug-likeness (QED) is 0.0396. The number of ether oxygens (including phenoxy) is 5. The third-order valence-corrected chi connectivity index (χ3v) is 13.8. The number of hydrogen-bond acceptors (Lipinski definition) is 27. The normalized spacial score (nSPS) is 15.2. The molecule has 3 N–H and O–H groups in total. The average molecular weight is 1420 g/mol. The highest BCUT2D eigenvalue weighted by molar-refractivity contribution is 6.06. The van der Waals surface area contributed by atoms with Crippen molar-refractivity contribution in [3.63, 3.8) is 0 Å². The fraction of sp³-hybridized carbons (Fsp3) is 0.258. The first-order valence-corrected chi connectivity index (χ1v) is 30.2. The molecule has 0 bridgehead atoms. The molecule has 528 valence electrons. The van der Waals surface area contributed by atoms with E-state index in [0.717, 1.165) is 5.56 Å². The second-order valence-electron chi connectivity index (χ2n) is 20.7. The Labute approximate surface area is 577 Å². The monoisotopic (exact) mass is 1420 g/mol. The van der Waals surface area contributed by atoms with Crippen molar-refractivity contribution in [3.8, 4) is 11.5 Å². The van der Waals surface area contributed by atoms with Gasteiger partial charge in [0.2, 0.25) is 17.6 Å². The fourth-order valence-corrected chi connectivity index (χ4v) is 8.70. The minimum Gasteiger partial charge on any atom is -0.485 e. The lowest BCUT2D eigenvalue weighted by molar-refractivity contribution is -0.122. The highest BCUT2D eigenvalue weighted by Crippen LogP contribution is 2.36. The molecule has 0 fully saturated rings. The van der Waals surface area contributed by atoms with Gasteiger partial charge in [0.05, 0.1) is 26.2 Å². The molecule has 10 aromatic rings. The Kier molecular flexibility index (Phi) is 26.7. The zero-order chi connectivity index (χ0) is 72.1. The Bertz CT molecular complexity index is 4400. The molecule has 8 heterocycles. The molecule has 4 aromatic carbocycles. The van der Waals surface area contributed by atoms with E-state index in [1.807, 2.05) is 30.3 Å². The van der Waals surface area contributed by atoms with Crippen LogP contribution in [0.4, 0.5) is 29.2 Å². The summed E-state index contributed by atoms with van der Waals surface area (Å²) < 4.78 is 102. The van der Waals surface area contributed by atoms with Gasteiger partial charge in [-0.1, -0.05) is 121 Å². The summed E-state index contributed by atoms with van der Waals surface area (Å²) in [6, 6.07) is 37.1. The maximum atomic E-state index is 14.6. The van der Waals surface area contributed by atoms with Gasteiger partial charge in [-0.05, 0) is 64.4 Å². The van der Waals surface area contributed by atoms with Crippen LogP contribution in [0.1, 0.15) is 128 Å². The maximum absolute atomic E-state index is 14.6. The Hall–Kier alpha value is -12.2. The molecule has 0 spiro atoms. The number of pyridine rings is 2. The van der Waals surface area contributed by atoms with E-state index in [2.05, 4.69) is 70.0 Å². The van der Waals surface area contributed by atoms with E-state index < -0.39 is 89.1 Å². The van der Waals surface area contributed by atoms with Gasteiger partial charge in [-0.2, -0.15) is 17.6 Å². The molecule has 0 unspecified atom stereocenters. The van der Waals surface area contributed by atoms with Crippen LogP contribution in [0.2, 0.25) is 0 Å². The third kappa shape index (κ3) is 19.3. The highest BCUT2D eigenvalue weighted by atomic mass is 35.5. The van der Waals surface area contributed by atoms with E-state index in [4.69, 9.17) is 33.2 Å². The van der Waals surface area contributed by atoms with Crippen LogP contribution in [-0.2, 0) is 42.1 Å². The van der Waals surface area contributed by atoms with Crippen LogP contribution in [0, 0.1) is 0 Å². The fourth-order valence-electron chi connectivity index (χ4n) is 8.70. The minimum atomic E-state index is -3.59. The molecule has 30 nitrogen and oxygen atoms in total. The number of fused-ring (bicyclic) bond motifs is 2. The van der Waals surface area contributed by atoms with Gasteiger partial charge >= 0.3 is 59.2 Å². The Morgan fingerprint density at radius 3 is 1.42 bits per heavy atom. The number of likely N-dealkylation sites (N-methyl/N-ethyl adjacent to an activating group) is 2. The van der Waals surface area contributed by atoms with Gasteiger partial charge in [0, 0.05) is 43.2 Å². The number of aromatic nitrogens is 10. The molecule has 12 rings (SSSR count). The molecule has 0 radical (unpaired) electrons. The molecular formula is C66H63ClF4N14O16. The molecule has 35 heteroatoms. The van der Waals surface area contributed by atoms with Crippen LogP contribution in [0.5, 0.6) is 11.5 Å². The number of esters is 3. The summed E-state index contributed by atoms with van der Waals surface area (Å²) >= 11 is 0. The second kappa shape index (κ2) is 35.3. The van der Waals surface area contributed by atoms with Crippen molar-refractivity contribution >= 4 is 65.5 Å². The lowest BCUT2D eigenvalue weighted by atomic mass is 10.1. The second-order valence-corrected chi connectivity index (χ2v) is 20.7. The number of rotatable bonds is 16. The number of carbonyl (C=O) groups excluding carboxylic acids is 7. The highest BCUT2D eigenvalue weighted by Gasteiger charge is 2.43. The largest absolute Gasteiger partial charge is 0.485 e. The molecule has 4 atom stereocenters. The summed E-state index contributed by atoms with van der Waals surface area (Å²) in [5.41, 5.74) is 6.55. The lowest BCUT2D eigenvalue weighted by Crippen LogP contribution is -2.53. The number of ketones is 1. The number of alkyl halides is 4. The summed E-state index contributed by atoms with van der Waals surface area (Å²) in [4.78, 5) is 93.8. The van der Waals surface area contributed by atoms with Gasteiger partial charge < -0.3 is 52.4 Å². The van der Waals surface area contributed by atoms with Crippen molar-refractivity contribution in [3.05, 3.63) is 227 Å². The van der Waals surface area contributed by atoms with Crippen LogP contribution >= 0.6 is 12.4 Å². The standard InChI is InChI=1S/C20H17F2N5O4.C12H10F2N2O3.C12H10N2O4.C12H12N2O3.C10H13N3O2.ClH/c1-11-14(18(29)27(2)15-13(30-11)9-6-10-23-15)24-16(28)17-25-26-19(31-17)20(21,22)12-7-4-3-5-8-12;1-2-18-10(17)9-15-16-11(19-9)12(13,14)8-6-4-3-5-7-8;1-2-17-12(16)11-14-13-10(18-11)9(15)8-6-4-3-5-7-8;1-2-16-12(15)11-14-13-10(17-11)8-9-6-4-3-5-7-9;1-6-8(11)10(14)13(2)9-7(15-6)4-3-5-12-9;/h3-11,14H,1-2H3,(H,24,28);3-7H,2H2,1H3;3-7H,2H2,1H3;3-7H,2,8H2,1H3;3-6,8H,11H2,1-2H3;1H/t11-,14+;;;;6-,8+;/m1...1./s1. The van der Waals surface area contributed by atoms with Crippen LogP contribution in [0.25, 0.3) is 0 Å². The summed E-state index contributed by atoms with van der Waals surface area (Å²) in [6.07, 6.45) is 2.51. The first-order chi connectivity index (χ1) is 48.0. The van der Waals surface area contributed by atoms with E-state index in [1.54, 1.807) is 115 Å².